The van der Waals surface area contributed by atoms with Crippen LogP contribution in [0.2, 0.25) is 0 Å². The van der Waals surface area contributed by atoms with Crippen molar-refractivity contribution in [3.05, 3.63) is 0 Å². The van der Waals surface area contributed by atoms with Gasteiger partial charge in [-0.2, -0.15) is 0 Å². The van der Waals surface area contributed by atoms with Gasteiger partial charge in [0.15, 0.2) is 0 Å². The van der Waals surface area contributed by atoms with Gasteiger partial charge in [0.05, 0.1) is 68.6 Å². The summed E-state index contributed by atoms with van der Waals surface area (Å²) < 4.78 is 48.4. The van der Waals surface area contributed by atoms with Crippen molar-refractivity contribution < 1.29 is 95.3 Å². The molecule has 0 N–H and O–H groups in total. The Morgan fingerprint density at radius 1 is 0.212 bits per heavy atom. The Morgan fingerprint density at radius 2 is 0.394 bits per heavy atom. The summed E-state index contributed by atoms with van der Waals surface area (Å²) in [7, 11) is 7.07. The van der Waals surface area contributed by atoms with Crippen LogP contribution in [0.5, 0.6) is 0 Å². The summed E-state index contributed by atoms with van der Waals surface area (Å²) in [6, 6.07) is 0. The van der Waals surface area contributed by atoms with Gasteiger partial charge in [-0.3, -0.25) is 47.9 Å². The predicted octanol–water partition coefficient (Wildman–Crippen LogP) is 19.4. The molecular formula is C79H148O20. The third kappa shape index (κ3) is 88.7. The van der Waals surface area contributed by atoms with Gasteiger partial charge in [0, 0.05) is 64.2 Å². The van der Waals surface area contributed by atoms with E-state index in [1.165, 1.54) is 61.2 Å². The third-order valence-electron chi connectivity index (χ3n) is 16.6. The van der Waals surface area contributed by atoms with Gasteiger partial charge in [0.1, 0.15) is 0 Å². The van der Waals surface area contributed by atoms with Gasteiger partial charge in [0.25, 0.3) is 0 Å². The summed E-state index contributed by atoms with van der Waals surface area (Å²) in [6.07, 6.45) is 47.2. The molecule has 0 aromatic rings. The Hall–Kier alpha value is -5.30. The summed E-state index contributed by atoms with van der Waals surface area (Å²) >= 11 is 0. The molecule has 0 amide bonds. The Bertz CT molecular complexity index is 1720. The molecular weight excluding hydrogens is 1270 g/mol. The first-order valence-corrected chi connectivity index (χ1v) is 39.0. The highest BCUT2D eigenvalue weighted by molar-refractivity contribution is 5.72. The fourth-order valence-electron chi connectivity index (χ4n) is 9.97. The molecule has 0 rings (SSSR count). The summed E-state index contributed by atoms with van der Waals surface area (Å²) in [5.74, 6) is 0.0185. The quantitative estimate of drug-likeness (QED) is 0.0311. The molecule has 99 heavy (non-hydrogen) atoms. The zero-order valence-electron chi connectivity index (χ0n) is 65.2. The van der Waals surface area contributed by atoms with E-state index in [4.69, 9.17) is 23.7 Å². The molecule has 0 aliphatic rings. The first-order chi connectivity index (χ1) is 47.9. The molecule has 584 valence electrons. The normalized spacial score (nSPS) is 10.9. The van der Waals surface area contributed by atoms with Gasteiger partial charge in [-0.1, -0.05) is 208 Å². The smallest absolute Gasteiger partial charge is 0.305 e. The number of hydrogen-bond acceptors (Lipinski definition) is 20. The molecule has 0 radical (unpaired) electrons. The van der Waals surface area contributed by atoms with Crippen LogP contribution in [-0.4, -0.2) is 128 Å². The van der Waals surface area contributed by atoms with Gasteiger partial charge in [-0.05, 0) is 109 Å². The average molecular weight is 1420 g/mol. The number of ether oxygens (including phenoxy) is 10. The van der Waals surface area contributed by atoms with E-state index in [0.717, 1.165) is 231 Å². The van der Waals surface area contributed by atoms with Crippen molar-refractivity contribution in [2.45, 2.75) is 370 Å². The molecule has 2 unspecified atom stereocenters. The SMILES string of the molecule is CCCCC(CC)COC(=O)CCCCCCCCC(=O)OCC(CC)CCCC.CCCCOC(=O)CCCCCCCCC(=O)OC.CCOC(=O)CCCCCCCCC(=O)OCC.COC(=O)CCCCCCCCC(=O)OC.COC(=O)CCCCCCCCC(=O)OC. The molecule has 20 nitrogen and oxygen atoms in total. The third-order valence-corrected chi connectivity index (χ3v) is 16.6. The Kier molecular flexibility index (Phi) is 88.0. The monoisotopic (exact) mass is 1420 g/mol. The van der Waals surface area contributed by atoms with Gasteiger partial charge in [-0.25, -0.2) is 0 Å². The molecule has 0 spiro atoms. The summed E-state index contributed by atoms with van der Waals surface area (Å²) in [6.45, 7) is 17.1. The van der Waals surface area contributed by atoms with E-state index in [1.54, 1.807) is 0 Å². The van der Waals surface area contributed by atoms with E-state index in [1.807, 2.05) is 13.8 Å². The number of rotatable bonds is 62. The Morgan fingerprint density at radius 3 is 0.576 bits per heavy atom. The van der Waals surface area contributed by atoms with Crippen LogP contribution in [0.3, 0.4) is 0 Å². The minimum Gasteiger partial charge on any atom is -0.469 e. The second-order valence-corrected chi connectivity index (χ2v) is 25.4. The number of unbranched alkanes of at least 4 members (excludes halogenated alkanes) is 28. The molecule has 0 aromatic carbocycles. The van der Waals surface area contributed by atoms with Crippen LogP contribution >= 0.6 is 0 Å². The fourth-order valence-corrected chi connectivity index (χ4v) is 9.97. The summed E-state index contributed by atoms with van der Waals surface area (Å²) in [5, 5.41) is 0. The predicted molar refractivity (Wildman–Crippen MR) is 392 cm³/mol. The summed E-state index contributed by atoms with van der Waals surface area (Å²) in [4.78, 5) is 111. The molecule has 0 heterocycles. The maximum atomic E-state index is 11.9. The van der Waals surface area contributed by atoms with Crippen molar-refractivity contribution in [2.75, 3.05) is 68.6 Å². The fraction of sp³-hybridized carbons (Fsp3) is 0.873. The second-order valence-electron chi connectivity index (χ2n) is 25.4. The molecule has 2 atom stereocenters. The van der Waals surface area contributed by atoms with Gasteiger partial charge in [-0.15, -0.1) is 0 Å². The van der Waals surface area contributed by atoms with Crippen molar-refractivity contribution in [3.8, 4) is 0 Å². The number of carbonyl (C=O) groups is 10. The molecule has 0 fully saturated rings. The number of methoxy groups -OCH3 is 5. The molecule has 0 aliphatic heterocycles. The van der Waals surface area contributed by atoms with E-state index < -0.39 is 0 Å². The highest BCUT2D eigenvalue weighted by Gasteiger charge is 2.13. The van der Waals surface area contributed by atoms with Crippen LogP contribution in [0.15, 0.2) is 0 Å². The first kappa shape index (κ1) is 102. The molecule has 0 saturated heterocycles. The van der Waals surface area contributed by atoms with Crippen LogP contribution in [0.4, 0.5) is 0 Å². The van der Waals surface area contributed by atoms with Gasteiger partial charge >= 0.3 is 59.7 Å². The van der Waals surface area contributed by atoms with E-state index in [-0.39, 0.29) is 59.7 Å². The number of esters is 10. The molecule has 0 bridgehead atoms. The highest BCUT2D eigenvalue weighted by Crippen LogP contribution is 2.18. The zero-order valence-corrected chi connectivity index (χ0v) is 65.2. The standard InChI is InChI=1S/C26H50O4.C15H28O4.C14H26O4.2C12H22O4/c1-5-9-17-23(7-3)21-29-25(27)19-15-13-11-12-14-16-20-26(28)30-22-24(8-4)18-10-6-2;1-3-4-13-19-15(17)12-10-8-6-5-7-9-11-14(16)18-2;1-3-17-13(15)11-9-7-5-6-8-10-12-14(16)18-4-2;2*1-15-11(13)9-7-5-3-4-6-8-10-12(14)16-2/h23-24H,5-22H2,1-4H3;3-13H2,1-2H3;3-12H2,1-2H3;2*3-10H2,1-2H3. The second kappa shape index (κ2) is 85.1. The van der Waals surface area contributed by atoms with Crippen LogP contribution in [0.25, 0.3) is 0 Å². The van der Waals surface area contributed by atoms with Crippen LogP contribution in [-0.2, 0) is 95.3 Å². The van der Waals surface area contributed by atoms with E-state index in [9.17, 15) is 47.9 Å². The maximum absolute atomic E-state index is 11.9. The number of carbonyl (C=O) groups excluding carboxylic acids is 10. The van der Waals surface area contributed by atoms with Crippen LogP contribution in [0.1, 0.15) is 370 Å². The summed E-state index contributed by atoms with van der Waals surface area (Å²) in [5.41, 5.74) is 0. The highest BCUT2D eigenvalue weighted by atomic mass is 16.6. The van der Waals surface area contributed by atoms with Crippen molar-refractivity contribution in [1.82, 2.24) is 0 Å². The lowest BCUT2D eigenvalue weighted by Gasteiger charge is -2.14. The van der Waals surface area contributed by atoms with Gasteiger partial charge < -0.3 is 47.4 Å². The van der Waals surface area contributed by atoms with Crippen LogP contribution in [0, 0.1) is 11.8 Å². The lowest BCUT2D eigenvalue weighted by atomic mass is 10.0. The minimum atomic E-state index is -0.134. The molecule has 20 heteroatoms. The zero-order chi connectivity index (χ0) is 74.9. The molecule has 0 aliphatic carbocycles. The minimum absolute atomic E-state index is 0.0444. The van der Waals surface area contributed by atoms with E-state index in [0.29, 0.717) is 109 Å². The first-order valence-electron chi connectivity index (χ1n) is 39.0. The topological polar surface area (TPSA) is 263 Å². The van der Waals surface area contributed by atoms with Crippen LogP contribution < -0.4 is 0 Å². The van der Waals surface area contributed by atoms with E-state index >= 15 is 0 Å². The molecule has 0 aromatic heterocycles. The van der Waals surface area contributed by atoms with Crippen molar-refractivity contribution in [3.63, 3.8) is 0 Å². The number of hydrogen-bond donors (Lipinski definition) is 0. The Balaban J connectivity index is -0.000000381. The largest absolute Gasteiger partial charge is 0.469 e. The van der Waals surface area contributed by atoms with Crippen molar-refractivity contribution in [2.24, 2.45) is 11.8 Å². The average Bonchev–Trinajstić information content (AvgIpc) is 3.74. The van der Waals surface area contributed by atoms with E-state index in [2.05, 4.69) is 58.3 Å². The Labute approximate surface area is 602 Å². The van der Waals surface area contributed by atoms with Crippen molar-refractivity contribution >= 4 is 59.7 Å². The van der Waals surface area contributed by atoms with Gasteiger partial charge in [0.2, 0.25) is 0 Å². The van der Waals surface area contributed by atoms with Crippen molar-refractivity contribution in [1.29, 1.82) is 0 Å². The molecule has 0 saturated carbocycles. The lowest BCUT2D eigenvalue weighted by molar-refractivity contribution is -0.146. The lowest BCUT2D eigenvalue weighted by Crippen LogP contribution is -2.13. The maximum Gasteiger partial charge on any atom is 0.305 e.